The minimum atomic E-state index is -0.260. The lowest BCUT2D eigenvalue weighted by Crippen LogP contribution is -2.43. The fourth-order valence-corrected chi connectivity index (χ4v) is 2.80. The average Bonchev–Trinajstić information content (AvgIpc) is 2.62. The summed E-state index contributed by atoms with van der Waals surface area (Å²) in [5.74, 6) is -0.237. The van der Waals surface area contributed by atoms with Crippen LogP contribution in [0, 0.1) is 12.7 Å². The molecule has 1 aromatic rings. The fourth-order valence-electron chi connectivity index (χ4n) is 2.80. The molecule has 0 aliphatic carbocycles. The highest BCUT2D eigenvalue weighted by molar-refractivity contribution is 5.94. The summed E-state index contributed by atoms with van der Waals surface area (Å²) in [6.07, 6.45) is 1.93. The van der Waals surface area contributed by atoms with Crippen LogP contribution in [0.4, 0.5) is 4.39 Å². The second kappa shape index (κ2) is 6.35. The van der Waals surface area contributed by atoms with Crippen molar-refractivity contribution in [3.8, 4) is 0 Å². The quantitative estimate of drug-likeness (QED) is 0.830. The van der Waals surface area contributed by atoms with E-state index in [9.17, 15) is 9.18 Å². The Hall–Kier alpha value is -1.42. The van der Waals surface area contributed by atoms with Crippen LogP contribution in [0.2, 0.25) is 0 Å². The number of carbonyl (C=O) groups is 1. The zero-order chi connectivity index (χ0) is 14.7. The molecule has 0 aromatic heterocycles. The third-order valence-corrected chi connectivity index (χ3v) is 4.04. The first-order valence-corrected chi connectivity index (χ1v) is 7.28. The Labute approximate surface area is 120 Å². The van der Waals surface area contributed by atoms with E-state index in [2.05, 4.69) is 18.9 Å². The van der Waals surface area contributed by atoms with E-state index in [4.69, 9.17) is 0 Å². The number of rotatable bonds is 2. The third-order valence-electron chi connectivity index (χ3n) is 4.04. The fraction of sp³-hybridized carbons (Fsp3) is 0.562. The Morgan fingerprint density at radius 1 is 1.40 bits per heavy atom. The monoisotopic (exact) mass is 278 g/mol. The lowest BCUT2D eigenvalue weighted by atomic mass is 10.1. The van der Waals surface area contributed by atoms with Crippen molar-refractivity contribution in [2.75, 3.05) is 26.7 Å². The summed E-state index contributed by atoms with van der Waals surface area (Å²) in [5.41, 5.74) is 1.11. The Morgan fingerprint density at radius 3 is 2.80 bits per heavy atom. The van der Waals surface area contributed by atoms with Gasteiger partial charge in [0.1, 0.15) is 5.82 Å². The first kappa shape index (κ1) is 15.0. The van der Waals surface area contributed by atoms with Gasteiger partial charge in [0.25, 0.3) is 5.91 Å². The highest BCUT2D eigenvalue weighted by Gasteiger charge is 2.26. The van der Waals surface area contributed by atoms with Crippen molar-refractivity contribution >= 4 is 5.91 Å². The van der Waals surface area contributed by atoms with Crippen LogP contribution in [0.1, 0.15) is 35.7 Å². The summed E-state index contributed by atoms with van der Waals surface area (Å²) in [6.45, 7) is 6.50. The topological polar surface area (TPSA) is 23.6 Å². The van der Waals surface area contributed by atoms with Crippen LogP contribution in [0.3, 0.4) is 0 Å². The van der Waals surface area contributed by atoms with Crippen LogP contribution >= 0.6 is 0 Å². The zero-order valence-electron chi connectivity index (χ0n) is 12.5. The molecule has 1 aliphatic heterocycles. The van der Waals surface area contributed by atoms with E-state index in [1.807, 2.05) is 4.90 Å². The first-order valence-electron chi connectivity index (χ1n) is 7.28. The Balaban J connectivity index is 2.23. The van der Waals surface area contributed by atoms with E-state index in [-0.39, 0.29) is 17.8 Å². The molecule has 1 aromatic carbocycles. The highest BCUT2D eigenvalue weighted by Crippen LogP contribution is 2.17. The van der Waals surface area contributed by atoms with Crippen molar-refractivity contribution < 1.29 is 9.18 Å². The summed E-state index contributed by atoms with van der Waals surface area (Å²) in [4.78, 5) is 16.9. The number of halogens is 1. The van der Waals surface area contributed by atoms with Crippen LogP contribution in [0.15, 0.2) is 18.2 Å². The van der Waals surface area contributed by atoms with Crippen molar-refractivity contribution in [2.45, 2.75) is 32.7 Å². The van der Waals surface area contributed by atoms with E-state index in [0.29, 0.717) is 11.1 Å². The molecule has 1 fully saturated rings. The molecule has 1 heterocycles. The van der Waals surface area contributed by atoms with E-state index in [1.165, 1.54) is 6.07 Å². The molecule has 1 atom stereocenters. The summed E-state index contributed by atoms with van der Waals surface area (Å²) in [5, 5.41) is 0. The SMILES string of the molecule is CCC1CN(C)CCCN1C(=O)c1ccc(F)c(C)c1. The van der Waals surface area contributed by atoms with Crippen molar-refractivity contribution in [1.82, 2.24) is 9.80 Å². The number of likely N-dealkylation sites (N-methyl/N-ethyl adjacent to an activating group) is 1. The maximum Gasteiger partial charge on any atom is 0.254 e. The molecule has 1 amide bonds. The van der Waals surface area contributed by atoms with E-state index in [0.717, 1.165) is 32.5 Å². The number of carbonyl (C=O) groups excluding carboxylic acids is 1. The lowest BCUT2D eigenvalue weighted by molar-refractivity contribution is 0.0675. The predicted molar refractivity (Wildman–Crippen MR) is 78.4 cm³/mol. The summed E-state index contributed by atoms with van der Waals surface area (Å²) >= 11 is 0. The largest absolute Gasteiger partial charge is 0.334 e. The van der Waals surface area contributed by atoms with Crippen LogP contribution in [0.5, 0.6) is 0 Å². The molecule has 0 bridgehead atoms. The number of hydrogen-bond acceptors (Lipinski definition) is 2. The molecule has 20 heavy (non-hydrogen) atoms. The van der Waals surface area contributed by atoms with Crippen LogP contribution in [-0.4, -0.2) is 48.4 Å². The van der Waals surface area contributed by atoms with E-state index in [1.54, 1.807) is 19.1 Å². The van der Waals surface area contributed by atoms with Crippen molar-refractivity contribution in [2.24, 2.45) is 0 Å². The Morgan fingerprint density at radius 2 is 2.15 bits per heavy atom. The number of amides is 1. The van der Waals surface area contributed by atoms with Gasteiger partial charge in [0.15, 0.2) is 0 Å². The van der Waals surface area contributed by atoms with Gasteiger partial charge in [0.05, 0.1) is 0 Å². The molecule has 1 unspecified atom stereocenters. The van der Waals surface area contributed by atoms with Gasteiger partial charge in [-0.25, -0.2) is 4.39 Å². The molecular formula is C16H23FN2O. The van der Waals surface area contributed by atoms with Gasteiger partial charge in [-0.05, 0) is 57.1 Å². The van der Waals surface area contributed by atoms with Crippen LogP contribution < -0.4 is 0 Å². The highest BCUT2D eigenvalue weighted by atomic mass is 19.1. The summed E-state index contributed by atoms with van der Waals surface area (Å²) in [7, 11) is 2.10. The molecule has 0 spiro atoms. The van der Waals surface area contributed by atoms with Crippen molar-refractivity contribution in [1.29, 1.82) is 0 Å². The molecule has 1 saturated heterocycles. The number of aryl methyl sites for hydroxylation is 1. The molecular weight excluding hydrogens is 255 g/mol. The van der Waals surface area contributed by atoms with E-state index < -0.39 is 0 Å². The molecule has 1 aliphatic rings. The van der Waals surface area contributed by atoms with Gasteiger partial charge in [-0.15, -0.1) is 0 Å². The number of benzene rings is 1. The first-order chi connectivity index (χ1) is 9.52. The average molecular weight is 278 g/mol. The second-order valence-electron chi connectivity index (χ2n) is 5.64. The van der Waals surface area contributed by atoms with E-state index >= 15 is 0 Å². The van der Waals surface area contributed by atoms with Gasteiger partial charge < -0.3 is 9.80 Å². The van der Waals surface area contributed by atoms with Gasteiger partial charge in [0.2, 0.25) is 0 Å². The van der Waals surface area contributed by atoms with Crippen molar-refractivity contribution in [3.05, 3.63) is 35.1 Å². The van der Waals surface area contributed by atoms with Gasteiger partial charge in [-0.3, -0.25) is 4.79 Å². The Kier molecular flexibility index (Phi) is 4.76. The predicted octanol–water partition coefficient (Wildman–Crippen LogP) is 2.69. The molecule has 3 nitrogen and oxygen atoms in total. The molecule has 0 saturated carbocycles. The normalized spacial score (nSPS) is 20.8. The minimum Gasteiger partial charge on any atom is -0.334 e. The summed E-state index contributed by atoms with van der Waals surface area (Å²) in [6, 6.07) is 4.86. The Bertz CT molecular complexity index is 489. The molecule has 110 valence electrons. The van der Waals surface area contributed by atoms with Gasteiger partial charge in [-0.1, -0.05) is 6.92 Å². The van der Waals surface area contributed by atoms with Crippen LogP contribution in [0.25, 0.3) is 0 Å². The van der Waals surface area contributed by atoms with Gasteiger partial charge >= 0.3 is 0 Å². The maximum absolute atomic E-state index is 13.3. The molecule has 0 N–H and O–H groups in total. The minimum absolute atomic E-state index is 0.0234. The van der Waals surface area contributed by atoms with Gasteiger partial charge in [0, 0.05) is 24.7 Å². The second-order valence-corrected chi connectivity index (χ2v) is 5.64. The molecule has 4 heteroatoms. The smallest absolute Gasteiger partial charge is 0.254 e. The number of nitrogens with zero attached hydrogens (tertiary/aromatic N) is 2. The summed E-state index contributed by atoms with van der Waals surface area (Å²) < 4.78 is 13.3. The standard InChI is InChI=1S/C16H23FN2O/c1-4-14-11-18(3)8-5-9-19(14)16(20)13-6-7-15(17)12(2)10-13/h6-7,10,14H,4-5,8-9,11H2,1-3H3. The number of hydrogen-bond donors (Lipinski definition) is 0. The molecule has 2 rings (SSSR count). The third kappa shape index (κ3) is 3.18. The maximum atomic E-state index is 13.3. The van der Waals surface area contributed by atoms with Crippen LogP contribution in [-0.2, 0) is 0 Å². The van der Waals surface area contributed by atoms with Gasteiger partial charge in [-0.2, -0.15) is 0 Å². The zero-order valence-corrected chi connectivity index (χ0v) is 12.5. The lowest BCUT2D eigenvalue weighted by Gasteiger charge is -2.30. The van der Waals surface area contributed by atoms with Crippen molar-refractivity contribution in [3.63, 3.8) is 0 Å². The molecule has 0 radical (unpaired) electrons.